The molecule has 0 aliphatic carbocycles. The van der Waals surface area contributed by atoms with Crippen molar-refractivity contribution in [3.63, 3.8) is 0 Å². The molecule has 0 radical (unpaired) electrons. The minimum absolute atomic E-state index is 0.495. The maximum atomic E-state index is 5.95. The van der Waals surface area contributed by atoms with E-state index in [1.807, 2.05) is 30.3 Å². The van der Waals surface area contributed by atoms with Crippen molar-refractivity contribution in [3.05, 3.63) is 58.1 Å². The molecular weight excluding hydrogens is 331 g/mol. The van der Waals surface area contributed by atoms with Crippen LogP contribution >= 0.6 is 23.2 Å². The van der Waals surface area contributed by atoms with Crippen LogP contribution in [0.25, 0.3) is 0 Å². The van der Waals surface area contributed by atoms with E-state index in [9.17, 15) is 0 Å². The van der Waals surface area contributed by atoms with Crippen LogP contribution in [0, 0.1) is 5.92 Å². The Hall–Kier alpha value is -1.71. The normalized spacial score (nSPS) is 11.2. The van der Waals surface area contributed by atoms with Gasteiger partial charge in [-0.1, -0.05) is 37.0 Å². The smallest absolute Gasteiger partial charge is 0.119 e. The molecule has 0 aliphatic heterocycles. The number of hydrogen-bond acceptors (Lipinski definition) is 3. The van der Waals surface area contributed by atoms with Crippen molar-refractivity contribution in [3.8, 4) is 5.75 Å². The summed E-state index contributed by atoms with van der Waals surface area (Å²) >= 11 is 11.8. The predicted molar refractivity (Wildman–Crippen MR) is 99.1 cm³/mol. The van der Waals surface area contributed by atoms with E-state index in [2.05, 4.69) is 24.4 Å². The summed E-state index contributed by atoms with van der Waals surface area (Å²) < 4.78 is 5.68. The van der Waals surface area contributed by atoms with Gasteiger partial charge in [-0.3, -0.25) is 5.43 Å². The van der Waals surface area contributed by atoms with E-state index in [1.54, 1.807) is 18.3 Å². The van der Waals surface area contributed by atoms with Gasteiger partial charge in [-0.15, -0.1) is 0 Å². The highest BCUT2D eigenvalue weighted by atomic mass is 35.5. The zero-order chi connectivity index (χ0) is 16.7. The standard InChI is InChI=1S/C18H20Cl2N2O/c1-13(2)9-10-23-16-6-3-14(4-7-16)12-21-22-15-5-8-17(19)18(20)11-15/h3-8,11-13,22H,9-10H2,1-2H3/b21-12+. The number of rotatable bonds is 7. The fraction of sp³-hybridized carbons (Fsp3) is 0.278. The zero-order valence-electron chi connectivity index (χ0n) is 13.2. The maximum absolute atomic E-state index is 5.95. The van der Waals surface area contributed by atoms with Crippen LogP contribution in [0.4, 0.5) is 5.69 Å². The van der Waals surface area contributed by atoms with Crippen molar-refractivity contribution in [1.82, 2.24) is 0 Å². The van der Waals surface area contributed by atoms with Crippen LogP contribution in [0.3, 0.4) is 0 Å². The molecule has 1 N–H and O–H groups in total. The van der Waals surface area contributed by atoms with Crippen molar-refractivity contribution >= 4 is 35.1 Å². The van der Waals surface area contributed by atoms with Gasteiger partial charge in [-0.05, 0) is 60.4 Å². The van der Waals surface area contributed by atoms with Gasteiger partial charge in [0.05, 0.1) is 28.6 Å². The summed E-state index contributed by atoms with van der Waals surface area (Å²) in [6.07, 6.45) is 2.79. The van der Waals surface area contributed by atoms with Crippen molar-refractivity contribution in [2.24, 2.45) is 11.0 Å². The number of anilines is 1. The van der Waals surface area contributed by atoms with Crippen LogP contribution in [0.1, 0.15) is 25.8 Å². The molecule has 2 aromatic rings. The van der Waals surface area contributed by atoms with E-state index in [1.165, 1.54) is 0 Å². The number of benzene rings is 2. The number of nitrogens with one attached hydrogen (secondary N) is 1. The van der Waals surface area contributed by atoms with Gasteiger partial charge in [0.1, 0.15) is 5.75 Å². The second kappa shape index (κ2) is 8.80. The summed E-state index contributed by atoms with van der Waals surface area (Å²) in [7, 11) is 0. The minimum Gasteiger partial charge on any atom is -0.494 e. The van der Waals surface area contributed by atoms with Gasteiger partial charge >= 0.3 is 0 Å². The molecule has 0 aromatic heterocycles. The van der Waals surface area contributed by atoms with Gasteiger partial charge in [-0.2, -0.15) is 5.10 Å². The molecule has 122 valence electrons. The molecule has 0 aliphatic rings. The third-order valence-electron chi connectivity index (χ3n) is 3.17. The van der Waals surface area contributed by atoms with Gasteiger partial charge in [0.25, 0.3) is 0 Å². The van der Waals surface area contributed by atoms with E-state index in [0.29, 0.717) is 16.0 Å². The van der Waals surface area contributed by atoms with E-state index < -0.39 is 0 Å². The highest BCUT2D eigenvalue weighted by Gasteiger charge is 1.99. The molecule has 0 bridgehead atoms. The van der Waals surface area contributed by atoms with Gasteiger partial charge in [0.15, 0.2) is 0 Å². The molecule has 0 spiro atoms. The van der Waals surface area contributed by atoms with Gasteiger partial charge in [-0.25, -0.2) is 0 Å². The van der Waals surface area contributed by atoms with Crippen LogP contribution < -0.4 is 10.2 Å². The minimum atomic E-state index is 0.495. The first-order chi connectivity index (χ1) is 11.0. The van der Waals surface area contributed by atoms with Gasteiger partial charge in [0, 0.05) is 0 Å². The first kappa shape index (κ1) is 17.6. The van der Waals surface area contributed by atoms with Gasteiger partial charge < -0.3 is 4.74 Å². The Morgan fingerprint density at radius 1 is 1.09 bits per heavy atom. The Morgan fingerprint density at radius 3 is 2.48 bits per heavy atom. The molecule has 2 aromatic carbocycles. The highest BCUT2D eigenvalue weighted by molar-refractivity contribution is 6.42. The second-order valence-electron chi connectivity index (χ2n) is 5.60. The van der Waals surface area contributed by atoms with E-state index >= 15 is 0 Å². The lowest BCUT2D eigenvalue weighted by atomic mass is 10.1. The Bertz CT molecular complexity index is 655. The Morgan fingerprint density at radius 2 is 1.83 bits per heavy atom. The lowest BCUT2D eigenvalue weighted by molar-refractivity contribution is 0.289. The summed E-state index contributed by atoms with van der Waals surface area (Å²) in [4.78, 5) is 0. The number of hydrogen-bond donors (Lipinski definition) is 1. The maximum Gasteiger partial charge on any atom is 0.119 e. The number of nitrogens with zero attached hydrogens (tertiary/aromatic N) is 1. The molecule has 0 saturated carbocycles. The molecule has 0 fully saturated rings. The number of halogens is 2. The Balaban J connectivity index is 1.86. The third-order valence-corrected chi connectivity index (χ3v) is 3.91. The molecule has 0 atom stereocenters. The lowest BCUT2D eigenvalue weighted by Crippen LogP contribution is -2.01. The van der Waals surface area contributed by atoms with Crippen molar-refractivity contribution in [2.75, 3.05) is 12.0 Å². The predicted octanol–water partition coefficient (Wildman–Crippen LogP) is 5.86. The summed E-state index contributed by atoms with van der Waals surface area (Å²) in [6, 6.07) is 13.1. The van der Waals surface area contributed by atoms with Crippen molar-refractivity contribution in [1.29, 1.82) is 0 Å². The molecule has 3 nitrogen and oxygen atoms in total. The first-order valence-corrected chi connectivity index (χ1v) is 8.27. The Labute approximate surface area is 147 Å². The quantitative estimate of drug-likeness (QED) is 0.500. The van der Waals surface area contributed by atoms with Crippen LogP contribution in [-0.4, -0.2) is 12.8 Å². The summed E-state index contributed by atoms with van der Waals surface area (Å²) in [5, 5.41) is 5.20. The topological polar surface area (TPSA) is 33.6 Å². The molecule has 2 rings (SSSR count). The zero-order valence-corrected chi connectivity index (χ0v) is 14.7. The molecule has 0 unspecified atom stereocenters. The van der Waals surface area contributed by atoms with Crippen LogP contribution in [0.2, 0.25) is 10.0 Å². The second-order valence-corrected chi connectivity index (χ2v) is 6.41. The summed E-state index contributed by atoms with van der Waals surface area (Å²) in [5.74, 6) is 1.52. The van der Waals surface area contributed by atoms with Crippen LogP contribution in [0.5, 0.6) is 5.75 Å². The average molecular weight is 351 g/mol. The Kier molecular flexibility index (Phi) is 6.75. The van der Waals surface area contributed by atoms with Crippen molar-refractivity contribution < 1.29 is 4.74 Å². The van der Waals surface area contributed by atoms with Crippen LogP contribution in [0.15, 0.2) is 47.6 Å². The molecular formula is C18H20Cl2N2O. The summed E-state index contributed by atoms with van der Waals surface area (Å²) in [6.45, 7) is 5.11. The first-order valence-electron chi connectivity index (χ1n) is 7.51. The highest BCUT2D eigenvalue weighted by Crippen LogP contribution is 2.24. The molecule has 0 heterocycles. The fourth-order valence-corrected chi connectivity index (χ4v) is 2.11. The molecule has 5 heteroatoms. The SMILES string of the molecule is CC(C)CCOc1ccc(/C=N/Nc2ccc(Cl)c(Cl)c2)cc1. The largest absolute Gasteiger partial charge is 0.494 e. The molecule has 23 heavy (non-hydrogen) atoms. The monoisotopic (exact) mass is 350 g/mol. The van der Waals surface area contributed by atoms with E-state index in [-0.39, 0.29) is 0 Å². The fourth-order valence-electron chi connectivity index (χ4n) is 1.81. The molecule has 0 saturated heterocycles. The number of ether oxygens (including phenoxy) is 1. The third kappa shape index (κ3) is 6.12. The molecule has 0 amide bonds. The van der Waals surface area contributed by atoms with Crippen molar-refractivity contribution in [2.45, 2.75) is 20.3 Å². The van der Waals surface area contributed by atoms with E-state index in [0.717, 1.165) is 30.0 Å². The lowest BCUT2D eigenvalue weighted by Gasteiger charge is -2.08. The number of hydrazone groups is 1. The average Bonchev–Trinajstić information content (AvgIpc) is 2.52. The van der Waals surface area contributed by atoms with Gasteiger partial charge in [0.2, 0.25) is 0 Å². The summed E-state index contributed by atoms with van der Waals surface area (Å²) in [5.41, 5.74) is 4.68. The van der Waals surface area contributed by atoms with E-state index in [4.69, 9.17) is 27.9 Å². The van der Waals surface area contributed by atoms with Crippen LogP contribution in [-0.2, 0) is 0 Å².